The van der Waals surface area contributed by atoms with Gasteiger partial charge in [0.25, 0.3) is 5.91 Å². The number of hydrogen-bond donors (Lipinski definition) is 2. The number of carbonyl (C=O) groups is 1. The minimum Gasteiger partial charge on any atom is -0.480 e. The van der Waals surface area contributed by atoms with Crippen LogP contribution in [0.5, 0.6) is 5.88 Å². The number of ether oxygens (including phenoxy) is 1. The van der Waals surface area contributed by atoms with Crippen LogP contribution >= 0.6 is 0 Å². The van der Waals surface area contributed by atoms with Crippen LogP contribution in [0.4, 0.5) is 16.0 Å². The number of methoxy groups -OCH3 is 1. The van der Waals surface area contributed by atoms with Gasteiger partial charge in [-0.3, -0.25) is 4.79 Å². The smallest absolute Gasteiger partial charge is 0.262 e. The highest BCUT2D eigenvalue weighted by Crippen LogP contribution is 2.21. The van der Waals surface area contributed by atoms with E-state index in [4.69, 9.17) is 4.74 Å². The Hall–Kier alpha value is -3.27. The van der Waals surface area contributed by atoms with E-state index in [1.165, 1.54) is 23.8 Å². The average molecular weight is 385 g/mol. The van der Waals surface area contributed by atoms with E-state index in [1.54, 1.807) is 19.3 Å². The van der Waals surface area contributed by atoms with E-state index < -0.39 is 11.7 Å². The van der Waals surface area contributed by atoms with Crippen LogP contribution in [0.2, 0.25) is 0 Å². The third kappa shape index (κ3) is 3.46. The maximum Gasteiger partial charge on any atom is 0.262 e. The number of anilines is 2. The molecule has 1 saturated heterocycles. The molecule has 0 radical (unpaired) electrons. The minimum atomic E-state index is -0.525. The van der Waals surface area contributed by atoms with Gasteiger partial charge in [-0.05, 0) is 6.92 Å². The Morgan fingerprint density at radius 1 is 1.29 bits per heavy atom. The Labute approximate surface area is 160 Å². The summed E-state index contributed by atoms with van der Waals surface area (Å²) < 4.78 is 21.0. The van der Waals surface area contributed by atoms with Crippen molar-refractivity contribution in [2.45, 2.75) is 6.92 Å². The zero-order valence-electron chi connectivity index (χ0n) is 15.6. The molecule has 3 aromatic rings. The summed E-state index contributed by atoms with van der Waals surface area (Å²) in [5.41, 5.74) is 1.35. The van der Waals surface area contributed by atoms with Gasteiger partial charge >= 0.3 is 0 Å². The first-order valence-electron chi connectivity index (χ1n) is 8.88. The van der Waals surface area contributed by atoms with E-state index in [-0.39, 0.29) is 17.1 Å². The average Bonchev–Trinajstić information content (AvgIpc) is 3.09. The lowest BCUT2D eigenvalue weighted by Crippen LogP contribution is -2.44. The summed E-state index contributed by atoms with van der Waals surface area (Å²) in [5.74, 6) is -0.334. The molecule has 1 fully saturated rings. The summed E-state index contributed by atoms with van der Waals surface area (Å²) in [5, 5.41) is 5.92. The second-order valence-electron chi connectivity index (χ2n) is 6.47. The molecule has 28 heavy (non-hydrogen) atoms. The molecule has 9 nitrogen and oxygen atoms in total. The summed E-state index contributed by atoms with van der Waals surface area (Å²) in [6.07, 6.45) is 4.70. The lowest BCUT2D eigenvalue weighted by molar-refractivity contribution is 0.102. The highest BCUT2D eigenvalue weighted by molar-refractivity contribution is 6.05. The van der Waals surface area contributed by atoms with Gasteiger partial charge in [0.05, 0.1) is 18.5 Å². The van der Waals surface area contributed by atoms with E-state index in [9.17, 15) is 9.18 Å². The number of piperazine rings is 1. The van der Waals surface area contributed by atoms with Gasteiger partial charge in [0.1, 0.15) is 5.56 Å². The molecule has 0 atom stereocenters. The van der Waals surface area contributed by atoms with Crippen molar-refractivity contribution in [2.24, 2.45) is 0 Å². The number of fused-ring (bicyclic) bond motifs is 1. The first kappa shape index (κ1) is 18.1. The van der Waals surface area contributed by atoms with Crippen molar-refractivity contribution in [1.29, 1.82) is 0 Å². The Kier molecular flexibility index (Phi) is 4.78. The largest absolute Gasteiger partial charge is 0.480 e. The summed E-state index contributed by atoms with van der Waals surface area (Å²) >= 11 is 0. The van der Waals surface area contributed by atoms with Gasteiger partial charge < -0.3 is 24.7 Å². The third-order valence-corrected chi connectivity index (χ3v) is 4.46. The molecule has 0 aromatic carbocycles. The number of halogens is 1. The van der Waals surface area contributed by atoms with E-state index in [1.807, 2.05) is 4.90 Å². The maximum absolute atomic E-state index is 14.2. The fourth-order valence-electron chi connectivity index (χ4n) is 3.13. The van der Waals surface area contributed by atoms with Gasteiger partial charge in [-0.25, -0.2) is 14.4 Å². The number of carbonyl (C=O) groups excluding carboxylic acids is 1. The number of aryl methyl sites for hydroxylation is 1. The van der Waals surface area contributed by atoms with Gasteiger partial charge in [-0.15, -0.1) is 0 Å². The highest BCUT2D eigenvalue weighted by atomic mass is 19.1. The number of nitrogens with one attached hydrogen (secondary N) is 2. The number of rotatable bonds is 4. The molecule has 10 heteroatoms. The van der Waals surface area contributed by atoms with Crippen LogP contribution in [-0.4, -0.2) is 58.5 Å². The Balaban J connectivity index is 1.59. The second kappa shape index (κ2) is 7.39. The highest BCUT2D eigenvalue weighted by Gasteiger charge is 2.20. The SMILES string of the molecule is COc1nc(N2CCNCC2)ncc1C(=O)Nc1cc(F)c2nc(C)cn2c1. The van der Waals surface area contributed by atoms with Crippen LogP contribution in [0.25, 0.3) is 5.65 Å². The summed E-state index contributed by atoms with van der Waals surface area (Å²) in [4.78, 5) is 27.5. The minimum absolute atomic E-state index is 0.168. The van der Waals surface area contributed by atoms with Crippen LogP contribution in [0, 0.1) is 12.7 Å². The molecule has 4 heterocycles. The third-order valence-electron chi connectivity index (χ3n) is 4.46. The van der Waals surface area contributed by atoms with E-state index >= 15 is 0 Å². The molecular weight excluding hydrogens is 365 g/mol. The number of nitrogens with zero attached hydrogens (tertiary/aromatic N) is 5. The van der Waals surface area contributed by atoms with Crippen LogP contribution in [-0.2, 0) is 0 Å². The molecule has 1 amide bonds. The Bertz CT molecular complexity index is 1030. The molecule has 0 bridgehead atoms. The van der Waals surface area contributed by atoms with Crippen LogP contribution in [0.1, 0.15) is 16.1 Å². The second-order valence-corrected chi connectivity index (χ2v) is 6.47. The summed E-state index contributed by atoms with van der Waals surface area (Å²) in [6, 6.07) is 1.22. The molecule has 1 aliphatic heterocycles. The number of pyridine rings is 1. The molecule has 146 valence electrons. The Morgan fingerprint density at radius 3 is 2.82 bits per heavy atom. The van der Waals surface area contributed by atoms with Crippen molar-refractivity contribution < 1.29 is 13.9 Å². The molecule has 0 saturated carbocycles. The Morgan fingerprint density at radius 2 is 2.07 bits per heavy atom. The predicted octanol–water partition coefficient (Wildman–Crippen LogP) is 1.24. The lowest BCUT2D eigenvalue weighted by Gasteiger charge is -2.27. The number of hydrogen-bond acceptors (Lipinski definition) is 7. The van der Waals surface area contributed by atoms with Crippen molar-refractivity contribution in [1.82, 2.24) is 24.7 Å². The van der Waals surface area contributed by atoms with Gasteiger partial charge in [-0.1, -0.05) is 0 Å². The molecule has 0 aliphatic carbocycles. The fourth-order valence-corrected chi connectivity index (χ4v) is 3.13. The standard InChI is InChI=1S/C18H20FN7O2/c1-11-9-26-10-12(7-14(19)15(26)22-11)23-16(27)13-8-21-18(24-17(13)28-2)25-5-3-20-4-6-25/h7-10,20H,3-6H2,1-2H3,(H,23,27). The first-order valence-corrected chi connectivity index (χ1v) is 8.88. The number of imidazole rings is 1. The first-order chi connectivity index (χ1) is 13.5. The quantitative estimate of drug-likeness (QED) is 0.697. The van der Waals surface area contributed by atoms with Crippen LogP contribution in [0.15, 0.2) is 24.7 Å². The van der Waals surface area contributed by atoms with Crippen LogP contribution in [0.3, 0.4) is 0 Å². The topological polar surface area (TPSA) is 96.7 Å². The molecule has 2 N–H and O–H groups in total. The van der Waals surface area contributed by atoms with Crippen molar-refractivity contribution >= 4 is 23.2 Å². The summed E-state index contributed by atoms with van der Waals surface area (Å²) in [7, 11) is 1.45. The van der Waals surface area contributed by atoms with Crippen molar-refractivity contribution in [3.05, 3.63) is 41.7 Å². The molecule has 3 aromatic heterocycles. The van der Waals surface area contributed by atoms with E-state index in [0.717, 1.165) is 26.2 Å². The monoisotopic (exact) mass is 385 g/mol. The predicted molar refractivity (Wildman–Crippen MR) is 102 cm³/mol. The lowest BCUT2D eigenvalue weighted by atomic mass is 10.3. The van der Waals surface area contributed by atoms with Crippen molar-refractivity contribution in [2.75, 3.05) is 43.5 Å². The van der Waals surface area contributed by atoms with Gasteiger partial charge in [0, 0.05) is 50.8 Å². The van der Waals surface area contributed by atoms with Gasteiger partial charge in [0.2, 0.25) is 11.8 Å². The van der Waals surface area contributed by atoms with E-state index in [0.29, 0.717) is 17.3 Å². The molecule has 0 spiro atoms. The fraction of sp³-hybridized carbons (Fsp3) is 0.333. The molecular formula is C18H20FN7O2. The number of aromatic nitrogens is 4. The van der Waals surface area contributed by atoms with Crippen LogP contribution < -0.4 is 20.3 Å². The van der Waals surface area contributed by atoms with Crippen molar-refractivity contribution in [3.8, 4) is 5.88 Å². The normalized spacial score (nSPS) is 14.3. The summed E-state index contributed by atoms with van der Waals surface area (Å²) in [6.45, 7) is 5.01. The molecule has 0 unspecified atom stereocenters. The number of amides is 1. The zero-order valence-corrected chi connectivity index (χ0v) is 15.6. The molecule has 4 rings (SSSR count). The van der Waals surface area contributed by atoms with Crippen molar-refractivity contribution in [3.63, 3.8) is 0 Å². The van der Waals surface area contributed by atoms with Gasteiger partial charge in [0.15, 0.2) is 11.5 Å². The zero-order chi connectivity index (χ0) is 19.7. The van der Waals surface area contributed by atoms with Gasteiger partial charge in [-0.2, -0.15) is 4.98 Å². The maximum atomic E-state index is 14.2. The van der Waals surface area contributed by atoms with E-state index in [2.05, 4.69) is 25.6 Å². The molecule has 1 aliphatic rings.